The second kappa shape index (κ2) is 4.96. The lowest BCUT2D eigenvalue weighted by Gasteiger charge is -2.29. The summed E-state index contributed by atoms with van der Waals surface area (Å²) in [5.41, 5.74) is 0.238. The highest BCUT2D eigenvalue weighted by atomic mass is 19.1. The third kappa shape index (κ3) is 3.13. The van der Waals surface area contributed by atoms with Gasteiger partial charge in [0.05, 0.1) is 6.61 Å². The van der Waals surface area contributed by atoms with Crippen LogP contribution in [-0.2, 0) is 11.2 Å². The van der Waals surface area contributed by atoms with Gasteiger partial charge in [-0.1, -0.05) is 18.2 Å². The van der Waals surface area contributed by atoms with Gasteiger partial charge >= 0.3 is 0 Å². The number of rotatable bonds is 3. The molecule has 1 saturated heterocycles. The third-order valence-corrected chi connectivity index (χ3v) is 3.13. The number of Topliss-reactive ketones (excluding diaryl/α,β-unsaturated/α-hetero) is 1. The molecule has 0 saturated carbocycles. The Bertz CT molecular complexity index is 408. The van der Waals surface area contributed by atoms with Crippen molar-refractivity contribution in [3.8, 4) is 0 Å². The zero-order valence-electron chi connectivity index (χ0n) is 10.0. The van der Waals surface area contributed by atoms with E-state index in [0.29, 0.717) is 25.0 Å². The molecule has 1 aliphatic rings. The van der Waals surface area contributed by atoms with E-state index in [1.165, 1.54) is 6.92 Å². The molecule has 1 fully saturated rings. The van der Waals surface area contributed by atoms with Crippen molar-refractivity contribution in [3.63, 3.8) is 0 Å². The lowest BCUT2D eigenvalue weighted by atomic mass is 9.90. The molecule has 0 aliphatic carbocycles. The number of halogens is 1. The van der Waals surface area contributed by atoms with Crippen molar-refractivity contribution in [2.75, 3.05) is 13.2 Å². The Morgan fingerprint density at radius 1 is 1.53 bits per heavy atom. The number of carbonyl (C=O) groups is 1. The fraction of sp³-hybridized carbons (Fsp3) is 0.500. The highest BCUT2D eigenvalue weighted by molar-refractivity contribution is 5.94. The van der Waals surface area contributed by atoms with Gasteiger partial charge in [-0.3, -0.25) is 4.79 Å². The van der Waals surface area contributed by atoms with Crippen molar-refractivity contribution in [1.29, 1.82) is 0 Å². The molecule has 0 amide bonds. The highest BCUT2D eigenvalue weighted by Gasteiger charge is 2.32. The number of carbonyl (C=O) groups excluding carboxylic acids is 1. The lowest BCUT2D eigenvalue weighted by Crippen LogP contribution is -2.36. The molecule has 1 heterocycles. The Balaban J connectivity index is 2.12. The fourth-order valence-electron chi connectivity index (χ4n) is 2.22. The zero-order valence-corrected chi connectivity index (χ0v) is 10.0. The van der Waals surface area contributed by atoms with Crippen molar-refractivity contribution < 1.29 is 13.9 Å². The molecule has 0 N–H and O–H groups in total. The number of ketones is 1. The van der Waals surface area contributed by atoms with E-state index in [4.69, 9.17) is 4.74 Å². The molecule has 1 unspecified atom stereocenters. The Kier molecular flexibility index (Phi) is 3.57. The molecular formula is C14H17FO2. The van der Waals surface area contributed by atoms with Crippen LogP contribution in [0.25, 0.3) is 0 Å². The first-order valence-electron chi connectivity index (χ1n) is 5.96. The van der Waals surface area contributed by atoms with Gasteiger partial charge in [0, 0.05) is 18.6 Å². The summed E-state index contributed by atoms with van der Waals surface area (Å²) in [6.07, 6.45) is 1.63. The van der Waals surface area contributed by atoms with Crippen LogP contribution >= 0.6 is 0 Å². The van der Waals surface area contributed by atoms with Crippen LogP contribution in [0.5, 0.6) is 0 Å². The van der Waals surface area contributed by atoms with E-state index in [2.05, 4.69) is 0 Å². The van der Waals surface area contributed by atoms with Gasteiger partial charge in [0.15, 0.2) is 5.78 Å². The summed E-state index contributed by atoms with van der Waals surface area (Å²) < 4.78 is 19.6. The summed E-state index contributed by atoms with van der Waals surface area (Å²) in [4.78, 5) is 11.3. The van der Waals surface area contributed by atoms with Crippen molar-refractivity contribution >= 4 is 5.78 Å². The smallest absolute Gasteiger partial charge is 0.159 e. The van der Waals surface area contributed by atoms with E-state index < -0.39 is 5.67 Å². The van der Waals surface area contributed by atoms with E-state index >= 15 is 0 Å². The summed E-state index contributed by atoms with van der Waals surface area (Å²) >= 11 is 0. The van der Waals surface area contributed by atoms with Gasteiger partial charge in [-0.05, 0) is 31.4 Å². The van der Waals surface area contributed by atoms with Crippen LogP contribution in [0.1, 0.15) is 35.7 Å². The highest BCUT2D eigenvalue weighted by Crippen LogP contribution is 2.28. The molecule has 1 aromatic carbocycles. The van der Waals surface area contributed by atoms with Crippen molar-refractivity contribution in [1.82, 2.24) is 0 Å². The number of benzene rings is 1. The average molecular weight is 236 g/mol. The molecule has 0 bridgehead atoms. The van der Waals surface area contributed by atoms with Crippen LogP contribution < -0.4 is 0 Å². The molecule has 2 rings (SSSR count). The Morgan fingerprint density at radius 2 is 2.35 bits per heavy atom. The van der Waals surface area contributed by atoms with Crippen LogP contribution in [0.2, 0.25) is 0 Å². The second-order valence-corrected chi connectivity index (χ2v) is 4.74. The minimum Gasteiger partial charge on any atom is -0.378 e. The maximum absolute atomic E-state index is 14.4. The standard InChI is InChI=1S/C14H17FO2/c1-11(16)13-5-2-4-12(8-13)9-14(15)6-3-7-17-10-14/h2,4-5,8H,3,6-7,9-10H2,1H3. The quantitative estimate of drug-likeness (QED) is 0.754. The van der Waals surface area contributed by atoms with Crippen molar-refractivity contribution in [2.24, 2.45) is 0 Å². The predicted molar refractivity (Wildman–Crippen MR) is 64.0 cm³/mol. The molecule has 1 atom stereocenters. The molecule has 92 valence electrons. The van der Waals surface area contributed by atoms with Gasteiger partial charge in [-0.2, -0.15) is 0 Å². The largest absolute Gasteiger partial charge is 0.378 e. The van der Waals surface area contributed by atoms with Gasteiger partial charge in [0.25, 0.3) is 0 Å². The van der Waals surface area contributed by atoms with Gasteiger partial charge in [0.1, 0.15) is 5.67 Å². The molecule has 3 heteroatoms. The minimum absolute atomic E-state index is 0.0136. The molecular weight excluding hydrogens is 219 g/mol. The topological polar surface area (TPSA) is 26.3 Å². The Morgan fingerprint density at radius 3 is 3.00 bits per heavy atom. The first-order chi connectivity index (χ1) is 8.09. The summed E-state index contributed by atoms with van der Waals surface area (Å²) in [6.45, 7) is 2.34. The third-order valence-electron chi connectivity index (χ3n) is 3.13. The van der Waals surface area contributed by atoms with E-state index in [-0.39, 0.29) is 12.4 Å². The normalized spacial score (nSPS) is 24.6. The summed E-state index contributed by atoms with van der Waals surface area (Å²) in [5, 5.41) is 0. The monoisotopic (exact) mass is 236 g/mol. The van der Waals surface area contributed by atoms with Crippen LogP contribution in [-0.4, -0.2) is 24.7 Å². The lowest BCUT2D eigenvalue weighted by molar-refractivity contribution is -0.0308. The van der Waals surface area contributed by atoms with Crippen LogP contribution in [0.4, 0.5) is 4.39 Å². The predicted octanol–water partition coefficient (Wildman–Crippen LogP) is 2.95. The first-order valence-corrected chi connectivity index (χ1v) is 5.96. The van der Waals surface area contributed by atoms with Crippen molar-refractivity contribution in [2.45, 2.75) is 31.9 Å². The first kappa shape index (κ1) is 12.2. The number of hydrogen-bond acceptors (Lipinski definition) is 2. The van der Waals surface area contributed by atoms with Gasteiger partial charge in [-0.15, -0.1) is 0 Å². The van der Waals surface area contributed by atoms with E-state index in [1.54, 1.807) is 18.2 Å². The van der Waals surface area contributed by atoms with Crippen LogP contribution in [0.3, 0.4) is 0 Å². The van der Waals surface area contributed by atoms with E-state index in [0.717, 1.165) is 12.0 Å². The molecule has 1 aromatic rings. The molecule has 0 aromatic heterocycles. The maximum Gasteiger partial charge on any atom is 0.159 e. The summed E-state index contributed by atoms with van der Waals surface area (Å²) in [7, 11) is 0. The minimum atomic E-state index is -1.27. The fourth-order valence-corrected chi connectivity index (χ4v) is 2.22. The van der Waals surface area contributed by atoms with Crippen LogP contribution in [0.15, 0.2) is 24.3 Å². The summed E-state index contributed by atoms with van der Waals surface area (Å²) in [6, 6.07) is 7.20. The second-order valence-electron chi connectivity index (χ2n) is 4.74. The van der Waals surface area contributed by atoms with Crippen molar-refractivity contribution in [3.05, 3.63) is 35.4 Å². The Labute approximate surface area is 101 Å². The van der Waals surface area contributed by atoms with Gasteiger partial charge in [-0.25, -0.2) is 4.39 Å². The molecule has 1 aliphatic heterocycles. The average Bonchev–Trinajstić information content (AvgIpc) is 2.29. The molecule has 0 spiro atoms. The van der Waals surface area contributed by atoms with E-state index in [1.807, 2.05) is 6.07 Å². The SMILES string of the molecule is CC(=O)c1cccc(CC2(F)CCCOC2)c1. The Hall–Kier alpha value is -1.22. The molecule has 0 radical (unpaired) electrons. The van der Waals surface area contributed by atoms with Gasteiger partial charge in [0.2, 0.25) is 0 Å². The maximum atomic E-state index is 14.4. The summed E-state index contributed by atoms with van der Waals surface area (Å²) in [5.74, 6) is 0.0136. The van der Waals surface area contributed by atoms with Gasteiger partial charge < -0.3 is 4.74 Å². The zero-order chi connectivity index (χ0) is 12.3. The number of ether oxygens (including phenoxy) is 1. The van der Waals surface area contributed by atoms with E-state index in [9.17, 15) is 9.18 Å². The molecule has 17 heavy (non-hydrogen) atoms. The number of alkyl halides is 1. The van der Waals surface area contributed by atoms with Crippen LogP contribution in [0, 0.1) is 0 Å². The molecule has 2 nitrogen and oxygen atoms in total. The number of hydrogen-bond donors (Lipinski definition) is 0.